The van der Waals surface area contributed by atoms with E-state index in [9.17, 15) is 4.79 Å². The number of rotatable bonds is 3. The zero-order valence-electron chi connectivity index (χ0n) is 12.4. The van der Waals surface area contributed by atoms with Crippen LogP contribution in [-0.4, -0.2) is 44.5 Å². The molecule has 1 amide bonds. The summed E-state index contributed by atoms with van der Waals surface area (Å²) in [5.74, 6) is 0.112. The summed E-state index contributed by atoms with van der Waals surface area (Å²) in [5, 5.41) is 0. The van der Waals surface area contributed by atoms with Gasteiger partial charge in [0.25, 0.3) is 5.91 Å². The quantitative estimate of drug-likeness (QED) is 0.928. The van der Waals surface area contributed by atoms with Crippen molar-refractivity contribution in [2.75, 3.05) is 38.6 Å². The van der Waals surface area contributed by atoms with Crippen molar-refractivity contribution in [3.63, 3.8) is 0 Å². The number of hydrogen-bond acceptors (Lipinski definition) is 3. The van der Waals surface area contributed by atoms with E-state index in [-0.39, 0.29) is 23.7 Å². The highest BCUT2D eigenvalue weighted by Gasteiger charge is 2.35. The molecule has 5 heteroatoms. The van der Waals surface area contributed by atoms with Gasteiger partial charge in [-0.3, -0.25) is 4.79 Å². The van der Waals surface area contributed by atoms with Crippen molar-refractivity contribution in [1.29, 1.82) is 0 Å². The van der Waals surface area contributed by atoms with Gasteiger partial charge in [0.2, 0.25) is 0 Å². The van der Waals surface area contributed by atoms with E-state index in [4.69, 9.17) is 5.73 Å². The maximum absolute atomic E-state index is 12.5. The molecule has 0 radical (unpaired) electrons. The zero-order chi connectivity index (χ0) is 14.0. The molecule has 0 aliphatic carbocycles. The van der Waals surface area contributed by atoms with Crippen LogP contribution in [0, 0.1) is 5.41 Å². The van der Waals surface area contributed by atoms with Crippen LogP contribution >= 0.6 is 12.4 Å². The molecule has 0 aromatic heterocycles. The van der Waals surface area contributed by atoms with Gasteiger partial charge in [0.05, 0.1) is 0 Å². The minimum absolute atomic E-state index is 0. The molecule has 112 valence electrons. The second kappa shape index (κ2) is 6.46. The maximum Gasteiger partial charge on any atom is 0.253 e. The summed E-state index contributed by atoms with van der Waals surface area (Å²) in [4.78, 5) is 16.4. The molecule has 1 fully saturated rings. The Balaban J connectivity index is 0.00000200. The SMILES string of the molecule is CN(C)c1cccc(C(=O)N2CCC(C)(CN)C2)c1.Cl. The number of carbonyl (C=O) groups excluding carboxylic acids is 1. The Labute approximate surface area is 127 Å². The van der Waals surface area contributed by atoms with E-state index >= 15 is 0 Å². The van der Waals surface area contributed by atoms with Crippen molar-refractivity contribution >= 4 is 24.0 Å². The Hall–Kier alpha value is -1.26. The van der Waals surface area contributed by atoms with Gasteiger partial charge in [-0.15, -0.1) is 12.4 Å². The van der Waals surface area contributed by atoms with E-state index in [0.717, 1.165) is 30.8 Å². The second-order valence-corrected chi connectivity index (χ2v) is 5.94. The molecule has 20 heavy (non-hydrogen) atoms. The molecular weight excluding hydrogens is 274 g/mol. The third-order valence-electron chi connectivity index (χ3n) is 3.95. The lowest BCUT2D eigenvalue weighted by atomic mass is 9.90. The Bertz CT molecular complexity index is 478. The molecule has 1 aromatic carbocycles. The first-order chi connectivity index (χ1) is 8.95. The highest BCUT2D eigenvalue weighted by molar-refractivity contribution is 5.95. The molecule has 2 rings (SSSR count). The lowest BCUT2D eigenvalue weighted by Crippen LogP contribution is -2.34. The highest BCUT2D eigenvalue weighted by atomic mass is 35.5. The Morgan fingerprint density at radius 2 is 2.15 bits per heavy atom. The van der Waals surface area contributed by atoms with Crippen LogP contribution in [0.3, 0.4) is 0 Å². The van der Waals surface area contributed by atoms with Crippen LogP contribution in [0.5, 0.6) is 0 Å². The van der Waals surface area contributed by atoms with Crippen LogP contribution in [0.1, 0.15) is 23.7 Å². The smallest absolute Gasteiger partial charge is 0.253 e. The van der Waals surface area contributed by atoms with Gasteiger partial charge < -0.3 is 15.5 Å². The molecule has 1 aromatic rings. The first-order valence-electron chi connectivity index (χ1n) is 6.72. The number of nitrogens with zero attached hydrogens (tertiary/aromatic N) is 2. The van der Waals surface area contributed by atoms with Gasteiger partial charge in [0.15, 0.2) is 0 Å². The highest BCUT2D eigenvalue weighted by Crippen LogP contribution is 2.29. The first kappa shape index (κ1) is 16.8. The second-order valence-electron chi connectivity index (χ2n) is 5.94. The predicted octanol–water partition coefficient (Wildman–Crippen LogP) is 1.99. The van der Waals surface area contributed by atoms with Crippen LogP contribution in [0.25, 0.3) is 0 Å². The number of hydrogen-bond donors (Lipinski definition) is 1. The molecule has 1 atom stereocenters. The van der Waals surface area contributed by atoms with E-state index in [1.165, 1.54) is 0 Å². The summed E-state index contributed by atoms with van der Waals surface area (Å²) in [6, 6.07) is 7.76. The summed E-state index contributed by atoms with van der Waals surface area (Å²) in [5.41, 5.74) is 7.67. The molecule has 1 saturated heterocycles. The number of likely N-dealkylation sites (tertiary alicyclic amines) is 1. The normalized spacial score (nSPS) is 21.5. The predicted molar refractivity (Wildman–Crippen MR) is 85.7 cm³/mol. The van der Waals surface area contributed by atoms with Crippen LogP contribution in [0.4, 0.5) is 5.69 Å². The summed E-state index contributed by atoms with van der Waals surface area (Å²) in [7, 11) is 3.95. The molecule has 1 aliphatic rings. The van der Waals surface area contributed by atoms with Gasteiger partial charge in [-0.1, -0.05) is 13.0 Å². The number of carbonyl (C=O) groups is 1. The maximum atomic E-state index is 12.5. The van der Waals surface area contributed by atoms with Crippen LogP contribution in [0.2, 0.25) is 0 Å². The van der Waals surface area contributed by atoms with Crippen molar-refractivity contribution in [3.05, 3.63) is 29.8 Å². The van der Waals surface area contributed by atoms with Crippen molar-refractivity contribution < 1.29 is 4.79 Å². The Morgan fingerprint density at radius 3 is 2.70 bits per heavy atom. The summed E-state index contributed by atoms with van der Waals surface area (Å²) in [6.45, 7) is 4.35. The number of halogens is 1. The minimum atomic E-state index is 0. The van der Waals surface area contributed by atoms with Gasteiger partial charge in [-0.25, -0.2) is 0 Å². The first-order valence-corrected chi connectivity index (χ1v) is 6.72. The summed E-state index contributed by atoms with van der Waals surface area (Å²) in [6.07, 6.45) is 0.989. The van der Waals surface area contributed by atoms with Crippen LogP contribution in [0.15, 0.2) is 24.3 Å². The van der Waals surface area contributed by atoms with Gasteiger partial charge >= 0.3 is 0 Å². The Morgan fingerprint density at radius 1 is 1.45 bits per heavy atom. The average Bonchev–Trinajstić information content (AvgIpc) is 2.81. The molecule has 0 spiro atoms. The molecule has 0 saturated carbocycles. The van der Waals surface area contributed by atoms with E-state index in [1.54, 1.807) is 0 Å². The topological polar surface area (TPSA) is 49.6 Å². The van der Waals surface area contributed by atoms with E-state index in [1.807, 2.05) is 48.2 Å². The van der Waals surface area contributed by atoms with Crippen LogP contribution < -0.4 is 10.6 Å². The average molecular weight is 298 g/mol. The fourth-order valence-electron chi connectivity index (χ4n) is 2.46. The molecule has 1 heterocycles. The summed E-state index contributed by atoms with van der Waals surface area (Å²) >= 11 is 0. The largest absolute Gasteiger partial charge is 0.378 e. The van der Waals surface area contributed by atoms with E-state index in [0.29, 0.717) is 6.54 Å². The lowest BCUT2D eigenvalue weighted by molar-refractivity contribution is 0.0777. The van der Waals surface area contributed by atoms with Gasteiger partial charge in [-0.2, -0.15) is 0 Å². The standard InChI is InChI=1S/C15H23N3O.ClH/c1-15(10-16)7-8-18(11-15)14(19)12-5-4-6-13(9-12)17(2)3;/h4-6,9H,7-8,10-11,16H2,1-3H3;1H. The van der Waals surface area contributed by atoms with Gasteiger partial charge in [-0.05, 0) is 36.6 Å². The minimum Gasteiger partial charge on any atom is -0.378 e. The fraction of sp³-hybridized carbons (Fsp3) is 0.533. The third kappa shape index (κ3) is 3.44. The molecule has 4 nitrogen and oxygen atoms in total. The van der Waals surface area contributed by atoms with Crippen LogP contribution in [-0.2, 0) is 0 Å². The molecule has 2 N–H and O–H groups in total. The fourth-order valence-corrected chi connectivity index (χ4v) is 2.46. The van der Waals surface area contributed by atoms with Crippen molar-refractivity contribution in [2.24, 2.45) is 11.1 Å². The summed E-state index contributed by atoms with van der Waals surface area (Å²) < 4.78 is 0. The molecular formula is C15H24ClN3O. The number of benzene rings is 1. The third-order valence-corrected chi connectivity index (χ3v) is 3.95. The van der Waals surface area contributed by atoms with Gasteiger partial charge in [0.1, 0.15) is 0 Å². The van der Waals surface area contributed by atoms with E-state index in [2.05, 4.69) is 6.92 Å². The van der Waals surface area contributed by atoms with Crippen molar-refractivity contribution in [1.82, 2.24) is 4.90 Å². The van der Waals surface area contributed by atoms with Crippen molar-refractivity contribution in [3.8, 4) is 0 Å². The zero-order valence-corrected chi connectivity index (χ0v) is 13.2. The molecule has 0 bridgehead atoms. The number of nitrogens with two attached hydrogens (primary N) is 1. The molecule has 1 aliphatic heterocycles. The van der Waals surface area contributed by atoms with Crippen molar-refractivity contribution in [2.45, 2.75) is 13.3 Å². The van der Waals surface area contributed by atoms with E-state index < -0.39 is 0 Å². The monoisotopic (exact) mass is 297 g/mol. The number of amides is 1. The number of anilines is 1. The lowest BCUT2D eigenvalue weighted by Gasteiger charge is -2.23. The Kier molecular flexibility index (Phi) is 5.42. The van der Waals surface area contributed by atoms with Gasteiger partial charge in [0, 0.05) is 38.4 Å². The molecule has 1 unspecified atom stereocenters.